The lowest BCUT2D eigenvalue weighted by Gasteiger charge is -2.23. The summed E-state index contributed by atoms with van der Waals surface area (Å²) in [7, 11) is 0. The van der Waals surface area contributed by atoms with Crippen molar-refractivity contribution in [3.8, 4) is 0 Å². The summed E-state index contributed by atoms with van der Waals surface area (Å²) in [5, 5.41) is 3.34. The Morgan fingerprint density at radius 2 is 2.53 bits per heavy atom. The van der Waals surface area contributed by atoms with Crippen molar-refractivity contribution in [2.75, 3.05) is 19.7 Å². The fraction of sp³-hybridized carbons (Fsp3) is 0.500. The molecule has 0 bridgehead atoms. The molecule has 2 aromatic rings. The third-order valence-corrected chi connectivity index (χ3v) is 3.11. The molecule has 1 saturated heterocycles. The van der Waals surface area contributed by atoms with Gasteiger partial charge in [-0.1, -0.05) is 0 Å². The van der Waals surface area contributed by atoms with Crippen LogP contribution in [0.2, 0.25) is 0 Å². The molecule has 17 heavy (non-hydrogen) atoms. The second-order valence-electron chi connectivity index (χ2n) is 4.14. The van der Waals surface area contributed by atoms with Gasteiger partial charge in [0.2, 0.25) is 0 Å². The zero-order valence-electron chi connectivity index (χ0n) is 9.89. The number of fused-ring (bicyclic) bond motifs is 1. The Balaban J connectivity index is 2.08. The number of hydrogen-bond donors (Lipinski definition) is 1. The minimum absolute atomic E-state index is 0.0519. The topological polar surface area (TPSA) is 52.0 Å². The van der Waals surface area contributed by atoms with Crippen LogP contribution >= 0.6 is 0 Å². The zero-order valence-corrected chi connectivity index (χ0v) is 9.89. The number of nitrogens with zero attached hydrogens (tertiary/aromatic N) is 3. The van der Waals surface area contributed by atoms with Crippen molar-refractivity contribution in [2.24, 2.45) is 0 Å². The molecule has 0 amide bonds. The van der Waals surface area contributed by atoms with Crippen LogP contribution < -0.4 is 5.32 Å². The maximum atomic E-state index is 5.77. The summed E-state index contributed by atoms with van der Waals surface area (Å²) in [6.45, 7) is 5.52. The molecule has 0 saturated carbocycles. The van der Waals surface area contributed by atoms with Gasteiger partial charge in [0.25, 0.3) is 0 Å². The number of imidazole rings is 1. The molecular weight excluding hydrogens is 216 g/mol. The van der Waals surface area contributed by atoms with E-state index in [9.17, 15) is 0 Å². The Bertz CT molecular complexity index is 516. The molecule has 1 fully saturated rings. The quantitative estimate of drug-likeness (QED) is 0.842. The third-order valence-electron chi connectivity index (χ3n) is 3.11. The monoisotopic (exact) mass is 232 g/mol. The summed E-state index contributed by atoms with van der Waals surface area (Å²) >= 11 is 0. The number of pyridine rings is 1. The van der Waals surface area contributed by atoms with Gasteiger partial charge in [-0.2, -0.15) is 0 Å². The van der Waals surface area contributed by atoms with Crippen molar-refractivity contribution >= 4 is 11.0 Å². The van der Waals surface area contributed by atoms with E-state index in [4.69, 9.17) is 4.74 Å². The predicted octanol–water partition coefficient (Wildman–Crippen LogP) is 1.11. The molecule has 1 unspecified atom stereocenters. The van der Waals surface area contributed by atoms with Gasteiger partial charge in [0.05, 0.1) is 18.3 Å². The van der Waals surface area contributed by atoms with Crippen LogP contribution in [0.1, 0.15) is 18.9 Å². The van der Waals surface area contributed by atoms with E-state index in [0.717, 1.165) is 43.1 Å². The average molecular weight is 232 g/mol. The number of hydrogen-bond acceptors (Lipinski definition) is 4. The lowest BCUT2D eigenvalue weighted by molar-refractivity contribution is 0.0204. The summed E-state index contributed by atoms with van der Waals surface area (Å²) in [5.41, 5.74) is 2.07. The smallest absolute Gasteiger partial charge is 0.140 e. The highest BCUT2D eigenvalue weighted by molar-refractivity contribution is 5.74. The number of ether oxygens (including phenoxy) is 1. The van der Waals surface area contributed by atoms with Gasteiger partial charge in [-0.15, -0.1) is 0 Å². The Morgan fingerprint density at radius 3 is 3.29 bits per heavy atom. The van der Waals surface area contributed by atoms with Crippen LogP contribution in [0, 0.1) is 0 Å². The van der Waals surface area contributed by atoms with Gasteiger partial charge in [-0.05, 0) is 13.0 Å². The number of morpholine rings is 1. The number of aryl methyl sites for hydroxylation is 1. The normalized spacial score (nSPS) is 20.9. The Labute approximate surface area is 99.8 Å². The minimum atomic E-state index is 0.0519. The van der Waals surface area contributed by atoms with E-state index in [1.54, 1.807) is 12.4 Å². The summed E-state index contributed by atoms with van der Waals surface area (Å²) in [4.78, 5) is 8.76. The van der Waals surface area contributed by atoms with Crippen molar-refractivity contribution in [2.45, 2.75) is 19.6 Å². The van der Waals surface area contributed by atoms with Crippen molar-refractivity contribution in [1.82, 2.24) is 19.9 Å². The summed E-state index contributed by atoms with van der Waals surface area (Å²) < 4.78 is 7.97. The first kappa shape index (κ1) is 10.7. The standard InChI is InChI=1S/C12H16N4O/c1-2-16-10-3-4-13-7-9(10)15-12(16)11-8-14-5-6-17-11/h3-4,7,11,14H,2,5-6,8H2,1H3. The van der Waals surface area contributed by atoms with Gasteiger partial charge >= 0.3 is 0 Å². The van der Waals surface area contributed by atoms with Crippen LogP contribution in [0.15, 0.2) is 18.5 Å². The van der Waals surface area contributed by atoms with Crippen LogP contribution in [0.5, 0.6) is 0 Å². The molecule has 2 aromatic heterocycles. The van der Waals surface area contributed by atoms with Crippen molar-refractivity contribution in [3.05, 3.63) is 24.3 Å². The van der Waals surface area contributed by atoms with Crippen LogP contribution in [0.4, 0.5) is 0 Å². The molecule has 5 heteroatoms. The van der Waals surface area contributed by atoms with Gasteiger partial charge in [0, 0.05) is 25.8 Å². The zero-order chi connectivity index (χ0) is 11.7. The Kier molecular flexibility index (Phi) is 2.78. The molecular formula is C12H16N4O. The van der Waals surface area contributed by atoms with E-state index in [-0.39, 0.29) is 6.10 Å². The summed E-state index contributed by atoms with van der Waals surface area (Å²) in [6, 6.07) is 2.01. The molecule has 0 aromatic carbocycles. The maximum absolute atomic E-state index is 5.77. The average Bonchev–Trinajstić information content (AvgIpc) is 2.78. The van der Waals surface area contributed by atoms with Crippen molar-refractivity contribution < 1.29 is 4.74 Å². The van der Waals surface area contributed by atoms with Crippen LogP contribution in [-0.4, -0.2) is 34.2 Å². The first-order chi connectivity index (χ1) is 8.40. The number of rotatable bonds is 2. The SMILES string of the molecule is CCn1c(C2CNCCO2)nc2cnccc21. The fourth-order valence-electron chi connectivity index (χ4n) is 2.31. The molecule has 0 radical (unpaired) electrons. The maximum Gasteiger partial charge on any atom is 0.140 e. The first-order valence-corrected chi connectivity index (χ1v) is 6.02. The number of nitrogens with one attached hydrogen (secondary N) is 1. The van der Waals surface area contributed by atoms with Gasteiger partial charge in [-0.3, -0.25) is 4.98 Å². The van der Waals surface area contributed by atoms with Gasteiger partial charge in [-0.25, -0.2) is 4.98 Å². The van der Waals surface area contributed by atoms with Crippen LogP contribution in [0.25, 0.3) is 11.0 Å². The number of aromatic nitrogens is 3. The molecule has 1 atom stereocenters. The molecule has 3 heterocycles. The fourth-order valence-corrected chi connectivity index (χ4v) is 2.31. The molecule has 1 aliphatic rings. The van der Waals surface area contributed by atoms with Crippen molar-refractivity contribution in [1.29, 1.82) is 0 Å². The van der Waals surface area contributed by atoms with E-state index in [1.165, 1.54) is 0 Å². The molecule has 3 rings (SSSR count). The molecule has 90 valence electrons. The third kappa shape index (κ3) is 1.81. The van der Waals surface area contributed by atoms with Gasteiger partial charge in [0.1, 0.15) is 17.4 Å². The minimum Gasteiger partial charge on any atom is -0.368 e. The van der Waals surface area contributed by atoms with E-state index in [1.807, 2.05) is 6.07 Å². The molecule has 1 N–H and O–H groups in total. The molecule has 1 aliphatic heterocycles. The second-order valence-corrected chi connectivity index (χ2v) is 4.14. The van der Waals surface area contributed by atoms with Crippen LogP contribution in [-0.2, 0) is 11.3 Å². The second kappa shape index (κ2) is 4.43. The van der Waals surface area contributed by atoms with E-state index >= 15 is 0 Å². The highest BCUT2D eigenvalue weighted by Crippen LogP contribution is 2.23. The van der Waals surface area contributed by atoms with Crippen LogP contribution in [0.3, 0.4) is 0 Å². The van der Waals surface area contributed by atoms with Gasteiger partial charge < -0.3 is 14.6 Å². The van der Waals surface area contributed by atoms with Crippen molar-refractivity contribution in [3.63, 3.8) is 0 Å². The summed E-state index contributed by atoms with van der Waals surface area (Å²) in [5.74, 6) is 1.00. The first-order valence-electron chi connectivity index (χ1n) is 6.02. The Hall–Kier alpha value is -1.46. The molecule has 0 spiro atoms. The largest absolute Gasteiger partial charge is 0.368 e. The summed E-state index contributed by atoms with van der Waals surface area (Å²) in [6.07, 6.45) is 3.66. The highest BCUT2D eigenvalue weighted by atomic mass is 16.5. The van der Waals surface area contributed by atoms with Gasteiger partial charge in [0.15, 0.2) is 0 Å². The lowest BCUT2D eigenvalue weighted by atomic mass is 10.3. The van der Waals surface area contributed by atoms with E-state index in [2.05, 4.69) is 26.8 Å². The predicted molar refractivity (Wildman–Crippen MR) is 64.8 cm³/mol. The lowest BCUT2D eigenvalue weighted by Crippen LogP contribution is -2.34. The highest BCUT2D eigenvalue weighted by Gasteiger charge is 2.22. The Morgan fingerprint density at radius 1 is 1.59 bits per heavy atom. The van der Waals surface area contributed by atoms with E-state index < -0.39 is 0 Å². The molecule has 5 nitrogen and oxygen atoms in total. The van der Waals surface area contributed by atoms with E-state index in [0.29, 0.717) is 0 Å². The molecule has 0 aliphatic carbocycles.